The number of rotatable bonds is 7. The Balaban J connectivity index is 1.88. The zero-order valence-electron chi connectivity index (χ0n) is 19.9. The number of likely N-dealkylation sites (tertiary alicyclic amines) is 1. The predicted molar refractivity (Wildman–Crippen MR) is 130 cm³/mol. The fourth-order valence-corrected chi connectivity index (χ4v) is 4.34. The summed E-state index contributed by atoms with van der Waals surface area (Å²) in [6.45, 7) is 6.39. The first-order valence-corrected chi connectivity index (χ1v) is 11.5. The van der Waals surface area contributed by atoms with Crippen LogP contribution in [0.3, 0.4) is 0 Å². The highest BCUT2D eigenvalue weighted by atomic mass is 19.1. The van der Waals surface area contributed by atoms with Crippen LogP contribution in [0.25, 0.3) is 5.76 Å². The second-order valence-corrected chi connectivity index (χ2v) is 8.65. The maximum Gasteiger partial charge on any atom is 0.295 e. The van der Waals surface area contributed by atoms with Gasteiger partial charge in [-0.05, 0) is 54.3 Å². The third-order valence-electron chi connectivity index (χ3n) is 6.02. The standard InChI is InChI=1S/C28H27FN2O4/c1-4-35-23-12-11-19(14-21(23)17(2)3)26(32)24-25(20-9-5-6-10-22(20)29)31(28(34)27(24)33)16-18-8-7-13-30-15-18/h5-15,17,25,32H,4,16H2,1-3H3/b26-24+. The first kappa shape index (κ1) is 24.1. The van der Waals surface area contributed by atoms with Crippen molar-refractivity contribution < 1.29 is 23.8 Å². The van der Waals surface area contributed by atoms with Gasteiger partial charge in [-0.1, -0.05) is 38.1 Å². The molecule has 1 N–H and O–H groups in total. The smallest absolute Gasteiger partial charge is 0.295 e. The second kappa shape index (κ2) is 10.1. The van der Waals surface area contributed by atoms with E-state index in [1.54, 1.807) is 48.8 Å². The highest BCUT2D eigenvalue weighted by Gasteiger charge is 2.47. The number of hydrogen-bond donors (Lipinski definition) is 1. The number of aromatic nitrogens is 1. The summed E-state index contributed by atoms with van der Waals surface area (Å²) in [6, 6.07) is 13.5. The maximum absolute atomic E-state index is 15.0. The van der Waals surface area contributed by atoms with Crippen LogP contribution < -0.4 is 4.74 Å². The molecule has 0 saturated carbocycles. The van der Waals surface area contributed by atoms with Crippen molar-refractivity contribution in [3.05, 3.63) is 101 Å². The van der Waals surface area contributed by atoms with E-state index in [4.69, 9.17) is 4.74 Å². The molecule has 2 heterocycles. The van der Waals surface area contributed by atoms with Gasteiger partial charge in [0.2, 0.25) is 0 Å². The average molecular weight is 475 g/mol. The molecule has 1 atom stereocenters. The van der Waals surface area contributed by atoms with Crippen LogP contribution in [0.1, 0.15) is 55.0 Å². The summed E-state index contributed by atoms with van der Waals surface area (Å²) in [5, 5.41) is 11.3. The molecule has 0 radical (unpaired) electrons. The van der Waals surface area contributed by atoms with E-state index in [1.807, 2.05) is 20.8 Å². The number of pyridine rings is 1. The third kappa shape index (κ3) is 4.67. The Hall–Kier alpha value is -4.00. The molecule has 1 aliphatic rings. The molecule has 1 aliphatic heterocycles. The molecule has 1 unspecified atom stereocenters. The van der Waals surface area contributed by atoms with E-state index in [0.717, 1.165) is 5.56 Å². The lowest BCUT2D eigenvalue weighted by Crippen LogP contribution is -2.29. The summed E-state index contributed by atoms with van der Waals surface area (Å²) in [5.41, 5.74) is 1.87. The van der Waals surface area contributed by atoms with Gasteiger partial charge in [0.15, 0.2) is 0 Å². The Kier molecular flexibility index (Phi) is 6.96. The van der Waals surface area contributed by atoms with E-state index in [9.17, 15) is 19.1 Å². The SMILES string of the molecule is CCOc1ccc(/C(O)=C2\C(=O)C(=O)N(Cc3cccnc3)C2c2ccccc2F)cc1C(C)C. The maximum atomic E-state index is 15.0. The fraction of sp³-hybridized carbons (Fsp3) is 0.250. The first-order valence-electron chi connectivity index (χ1n) is 11.5. The van der Waals surface area contributed by atoms with E-state index < -0.39 is 23.5 Å². The molecule has 7 heteroatoms. The number of nitrogens with zero attached hydrogens (tertiary/aromatic N) is 2. The van der Waals surface area contributed by atoms with Crippen LogP contribution in [0, 0.1) is 5.82 Å². The normalized spacial score (nSPS) is 17.3. The van der Waals surface area contributed by atoms with Gasteiger partial charge in [-0.15, -0.1) is 0 Å². The largest absolute Gasteiger partial charge is 0.507 e. The van der Waals surface area contributed by atoms with Gasteiger partial charge in [-0.25, -0.2) is 4.39 Å². The van der Waals surface area contributed by atoms with Crippen molar-refractivity contribution in [3.63, 3.8) is 0 Å². The Morgan fingerprint density at radius 1 is 1.14 bits per heavy atom. The molecule has 2 aromatic carbocycles. The minimum absolute atomic E-state index is 0.0364. The Morgan fingerprint density at radius 2 is 1.91 bits per heavy atom. The predicted octanol–water partition coefficient (Wildman–Crippen LogP) is 5.36. The number of aliphatic hydroxyl groups excluding tert-OH is 1. The Morgan fingerprint density at radius 3 is 2.57 bits per heavy atom. The third-order valence-corrected chi connectivity index (χ3v) is 6.02. The minimum Gasteiger partial charge on any atom is -0.507 e. The molecule has 6 nitrogen and oxygen atoms in total. The van der Waals surface area contributed by atoms with Crippen LogP contribution in [0.5, 0.6) is 5.75 Å². The lowest BCUT2D eigenvalue weighted by atomic mass is 9.93. The lowest BCUT2D eigenvalue weighted by Gasteiger charge is -2.25. The topological polar surface area (TPSA) is 79.7 Å². The number of Topliss-reactive ketones (excluding diaryl/α,β-unsaturated/α-hetero) is 1. The van der Waals surface area contributed by atoms with E-state index in [-0.39, 0.29) is 29.4 Å². The van der Waals surface area contributed by atoms with Crippen LogP contribution in [0.15, 0.2) is 72.6 Å². The lowest BCUT2D eigenvalue weighted by molar-refractivity contribution is -0.140. The molecule has 0 spiro atoms. The van der Waals surface area contributed by atoms with Crippen molar-refractivity contribution in [1.29, 1.82) is 0 Å². The second-order valence-electron chi connectivity index (χ2n) is 8.65. The van der Waals surface area contributed by atoms with Crippen molar-refractivity contribution in [2.24, 2.45) is 0 Å². The van der Waals surface area contributed by atoms with Gasteiger partial charge in [0.25, 0.3) is 11.7 Å². The zero-order chi connectivity index (χ0) is 25.1. The molecule has 180 valence electrons. The van der Waals surface area contributed by atoms with Crippen molar-refractivity contribution >= 4 is 17.4 Å². The summed E-state index contributed by atoms with van der Waals surface area (Å²) in [6.07, 6.45) is 3.18. The fourth-order valence-electron chi connectivity index (χ4n) is 4.34. The number of benzene rings is 2. The summed E-state index contributed by atoms with van der Waals surface area (Å²) >= 11 is 0. The minimum atomic E-state index is -1.09. The van der Waals surface area contributed by atoms with Crippen molar-refractivity contribution in [2.45, 2.75) is 39.3 Å². The molecule has 35 heavy (non-hydrogen) atoms. The molecule has 4 rings (SSSR count). The summed E-state index contributed by atoms with van der Waals surface area (Å²) in [7, 11) is 0. The van der Waals surface area contributed by atoms with Gasteiger partial charge in [0, 0.05) is 30.1 Å². The van der Waals surface area contributed by atoms with Gasteiger partial charge in [0.1, 0.15) is 17.3 Å². The number of carbonyl (C=O) groups excluding carboxylic acids is 2. The van der Waals surface area contributed by atoms with E-state index in [0.29, 0.717) is 23.5 Å². The number of halogens is 1. The number of carbonyl (C=O) groups is 2. The molecule has 1 aromatic heterocycles. The quantitative estimate of drug-likeness (QED) is 0.283. The van der Waals surface area contributed by atoms with Crippen LogP contribution in [-0.4, -0.2) is 33.3 Å². The molecule has 0 bridgehead atoms. The summed E-state index contributed by atoms with van der Waals surface area (Å²) in [5.74, 6) is -1.83. The highest BCUT2D eigenvalue weighted by molar-refractivity contribution is 6.46. The summed E-state index contributed by atoms with van der Waals surface area (Å²) in [4.78, 5) is 31.7. The van der Waals surface area contributed by atoms with E-state index in [1.165, 1.54) is 23.1 Å². The molecule has 3 aromatic rings. The molecule has 1 amide bonds. The van der Waals surface area contributed by atoms with Crippen molar-refractivity contribution in [2.75, 3.05) is 6.61 Å². The van der Waals surface area contributed by atoms with Crippen molar-refractivity contribution in [3.8, 4) is 5.75 Å². The molecular weight excluding hydrogens is 447 g/mol. The van der Waals surface area contributed by atoms with Crippen molar-refractivity contribution in [1.82, 2.24) is 9.88 Å². The summed E-state index contributed by atoms with van der Waals surface area (Å²) < 4.78 is 20.7. The van der Waals surface area contributed by atoms with Crippen LogP contribution >= 0.6 is 0 Å². The average Bonchev–Trinajstić information content (AvgIpc) is 3.09. The van der Waals surface area contributed by atoms with Crippen LogP contribution in [-0.2, 0) is 16.1 Å². The van der Waals surface area contributed by atoms with Gasteiger partial charge in [0.05, 0.1) is 18.2 Å². The molecule has 0 aliphatic carbocycles. The van der Waals surface area contributed by atoms with E-state index >= 15 is 0 Å². The van der Waals surface area contributed by atoms with Gasteiger partial charge in [-0.3, -0.25) is 14.6 Å². The van der Waals surface area contributed by atoms with Crippen LogP contribution in [0.4, 0.5) is 4.39 Å². The van der Waals surface area contributed by atoms with E-state index in [2.05, 4.69) is 4.98 Å². The molecule has 1 fully saturated rings. The first-order chi connectivity index (χ1) is 16.8. The van der Waals surface area contributed by atoms with Gasteiger partial charge >= 0.3 is 0 Å². The van der Waals surface area contributed by atoms with Gasteiger partial charge in [-0.2, -0.15) is 0 Å². The number of ketones is 1. The highest BCUT2D eigenvalue weighted by Crippen LogP contribution is 2.42. The number of amides is 1. The Labute approximate surface area is 203 Å². The molecule has 1 saturated heterocycles. The zero-order valence-corrected chi connectivity index (χ0v) is 19.9. The Bertz CT molecular complexity index is 1290. The molecular formula is C28H27FN2O4. The monoisotopic (exact) mass is 474 g/mol. The number of hydrogen-bond acceptors (Lipinski definition) is 5. The number of aliphatic hydroxyl groups is 1. The van der Waals surface area contributed by atoms with Crippen LogP contribution in [0.2, 0.25) is 0 Å². The number of ether oxygens (including phenoxy) is 1. The van der Waals surface area contributed by atoms with Gasteiger partial charge < -0.3 is 14.7 Å².